The summed E-state index contributed by atoms with van der Waals surface area (Å²) < 4.78 is 5.81. The summed E-state index contributed by atoms with van der Waals surface area (Å²) in [5.41, 5.74) is 5.31. The number of carbonyl (C=O) groups is 2. The Kier molecular flexibility index (Phi) is 5.38. The first kappa shape index (κ1) is 17.1. The number of likely N-dealkylation sites (tertiary alicyclic amines) is 1. The van der Waals surface area contributed by atoms with Gasteiger partial charge in [0.15, 0.2) is 0 Å². The van der Waals surface area contributed by atoms with Crippen molar-refractivity contribution < 1.29 is 14.3 Å². The molecule has 0 aliphatic carbocycles. The van der Waals surface area contributed by atoms with Gasteiger partial charge < -0.3 is 20.7 Å². The lowest BCUT2D eigenvalue weighted by molar-refractivity contribution is -0.123. The van der Waals surface area contributed by atoms with Crippen molar-refractivity contribution in [3.63, 3.8) is 0 Å². The zero-order chi connectivity index (χ0) is 17.6. The highest BCUT2D eigenvalue weighted by molar-refractivity contribution is 5.88. The molecule has 0 radical (unpaired) electrons. The fourth-order valence-corrected chi connectivity index (χ4v) is 3.12. The molecule has 1 saturated heterocycles. The average Bonchev–Trinajstić information content (AvgIpc) is 2.65. The molecule has 0 atom stereocenters. The van der Waals surface area contributed by atoms with Gasteiger partial charge in [0.1, 0.15) is 12.4 Å². The third-order valence-corrected chi connectivity index (χ3v) is 4.57. The number of primary amides is 1. The minimum absolute atomic E-state index is 0.112. The first-order valence-electron chi connectivity index (χ1n) is 8.58. The van der Waals surface area contributed by atoms with E-state index < -0.39 is 0 Å². The Bertz CT molecular complexity index is 749. The van der Waals surface area contributed by atoms with Gasteiger partial charge >= 0.3 is 6.03 Å². The van der Waals surface area contributed by atoms with Crippen LogP contribution in [-0.4, -0.2) is 43.1 Å². The Balaban J connectivity index is 1.44. The number of ether oxygens (including phenoxy) is 1. The van der Waals surface area contributed by atoms with Crippen LogP contribution >= 0.6 is 0 Å². The lowest BCUT2D eigenvalue weighted by Crippen LogP contribution is -2.47. The standard InChI is InChI=1S/C19H23N3O3/c20-18(23)15-8-11-22(12-9-15)19(24)21-10-13-25-17-7-3-5-14-4-1-2-6-16(14)17/h1-7,15H,8-13H2,(H2,20,23)(H,21,24). The third kappa shape index (κ3) is 4.21. The molecule has 3 N–H and O–H groups in total. The van der Waals surface area contributed by atoms with Gasteiger partial charge in [-0.05, 0) is 24.3 Å². The number of nitrogens with one attached hydrogen (secondary N) is 1. The van der Waals surface area contributed by atoms with E-state index in [0.717, 1.165) is 16.5 Å². The van der Waals surface area contributed by atoms with Gasteiger partial charge in [0.05, 0.1) is 6.54 Å². The highest BCUT2D eigenvalue weighted by Gasteiger charge is 2.25. The fourth-order valence-electron chi connectivity index (χ4n) is 3.12. The van der Waals surface area contributed by atoms with E-state index in [1.165, 1.54) is 0 Å². The van der Waals surface area contributed by atoms with E-state index in [1.54, 1.807) is 4.90 Å². The zero-order valence-electron chi connectivity index (χ0n) is 14.1. The van der Waals surface area contributed by atoms with Crippen molar-refractivity contribution in [2.24, 2.45) is 11.7 Å². The molecule has 1 heterocycles. The molecule has 1 aliphatic heterocycles. The van der Waals surface area contributed by atoms with Crippen molar-refractivity contribution in [3.8, 4) is 5.75 Å². The van der Waals surface area contributed by atoms with Crippen LogP contribution in [0.25, 0.3) is 10.8 Å². The molecule has 1 fully saturated rings. The van der Waals surface area contributed by atoms with Gasteiger partial charge in [-0.3, -0.25) is 4.79 Å². The Hall–Kier alpha value is -2.76. The third-order valence-electron chi connectivity index (χ3n) is 4.57. The van der Waals surface area contributed by atoms with Crippen molar-refractivity contribution in [3.05, 3.63) is 42.5 Å². The van der Waals surface area contributed by atoms with Crippen LogP contribution < -0.4 is 15.8 Å². The van der Waals surface area contributed by atoms with Crippen molar-refractivity contribution in [2.75, 3.05) is 26.2 Å². The van der Waals surface area contributed by atoms with E-state index >= 15 is 0 Å². The van der Waals surface area contributed by atoms with E-state index in [4.69, 9.17) is 10.5 Å². The van der Waals surface area contributed by atoms with Gasteiger partial charge in [0, 0.05) is 24.4 Å². The number of carbonyl (C=O) groups excluding carboxylic acids is 2. The number of nitrogens with two attached hydrogens (primary N) is 1. The number of fused-ring (bicyclic) bond motifs is 1. The predicted molar refractivity (Wildman–Crippen MR) is 96.3 cm³/mol. The molecule has 0 unspecified atom stereocenters. The van der Waals surface area contributed by atoms with Crippen LogP contribution in [0, 0.1) is 5.92 Å². The van der Waals surface area contributed by atoms with Crippen LogP contribution in [0.15, 0.2) is 42.5 Å². The molecular formula is C19H23N3O3. The lowest BCUT2D eigenvalue weighted by Gasteiger charge is -2.30. The van der Waals surface area contributed by atoms with E-state index in [0.29, 0.717) is 39.1 Å². The monoisotopic (exact) mass is 341 g/mol. The number of rotatable bonds is 5. The van der Waals surface area contributed by atoms with Crippen LogP contribution in [0.5, 0.6) is 5.75 Å². The SMILES string of the molecule is NC(=O)C1CCN(C(=O)NCCOc2cccc3ccccc23)CC1. The van der Waals surface area contributed by atoms with E-state index in [2.05, 4.69) is 5.32 Å². The Morgan fingerprint density at radius 2 is 1.84 bits per heavy atom. The van der Waals surface area contributed by atoms with Gasteiger partial charge in [-0.1, -0.05) is 36.4 Å². The molecule has 0 bridgehead atoms. The summed E-state index contributed by atoms with van der Waals surface area (Å²) in [6.07, 6.45) is 1.27. The molecule has 0 aromatic heterocycles. The topological polar surface area (TPSA) is 84.7 Å². The summed E-state index contributed by atoms with van der Waals surface area (Å²) in [6, 6.07) is 13.8. The molecular weight excluding hydrogens is 318 g/mol. The maximum Gasteiger partial charge on any atom is 0.317 e. The summed E-state index contributed by atoms with van der Waals surface area (Å²) in [5, 5.41) is 5.05. The maximum atomic E-state index is 12.1. The number of amides is 3. The minimum Gasteiger partial charge on any atom is -0.491 e. The molecule has 6 heteroatoms. The Morgan fingerprint density at radius 3 is 2.60 bits per heavy atom. The first-order valence-corrected chi connectivity index (χ1v) is 8.58. The molecule has 2 aromatic carbocycles. The number of hydrogen-bond acceptors (Lipinski definition) is 3. The van der Waals surface area contributed by atoms with Crippen LogP contribution in [-0.2, 0) is 4.79 Å². The molecule has 0 saturated carbocycles. The number of piperidine rings is 1. The molecule has 3 rings (SSSR count). The highest BCUT2D eigenvalue weighted by Crippen LogP contribution is 2.24. The second kappa shape index (κ2) is 7.88. The van der Waals surface area contributed by atoms with E-state index in [-0.39, 0.29) is 17.9 Å². The van der Waals surface area contributed by atoms with Crippen LogP contribution in [0.3, 0.4) is 0 Å². The Morgan fingerprint density at radius 1 is 1.12 bits per heavy atom. The van der Waals surface area contributed by atoms with Crippen LogP contribution in [0.4, 0.5) is 4.79 Å². The summed E-state index contributed by atoms with van der Waals surface area (Å²) in [4.78, 5) is 25.0. The summed E-state index contributed by atoms with van der Waals surface area (Å²) in [7, 11) is 0. The maximum absolute atomic E-state index is 12.1. The highest BCUT2D eigenvalue weighted by atomic mass is 16.5. The molecule has 132 valence electrons. The number of nitrogens with zero attached hydrogens (tertiary/aromatic N) is 1. The van der Waals surface area contributed by atoms with Crippen molar-refractivity contribution in [1.29, 1.82) is 0 Å². The van der Waals surface area contributed by atoms with Crippen molar-refractivity contribution in [1.82, 2.24) is 10.2 Å². The van der Waals surface area contributed by atoms with E-state index in [9.17, 15) is 9.59 Å². The molecule has 0 spiro atoms. The molecule has 6 nitrogen and oxygen atoms in total. The number of urea groups is 1. The quantitative estimate of drug-likeness (QED) is 0.817. The average molecular weight is 341 g/mol. The first-order chi connectivity index (χ1) is 12.1. The molecule has 3 amide bonds. The van der Waals surface area contributed by atoms with Gasteiger partial charge in [0.25, 0.3) is 0 Å². The smallest absolute Gasteiger partial charge is 0.317 e. The number of hydrogen-bond donors (Lipinski definition) is 2. The van der Waals surface area contributed by atoms with Gasteiger partial charge in [-0.25, -0.2) is 4.79 Å². The van der Waals surface area contributed by atoms with Crippen molar-refractivity contribution in [2.45, 2.75) is 12.8 Å². The number of benzene rings is 2. The zero-order valence-corrected chi connectivity index (χ0v) is 14.1. The minimum atomic E-state index is -0.274. The largest absolute Gasteiger partial charge is 0.491 e. The summed E-state index contributed by atoms with van der Waals surface area (Å²) in [5.74, 6) is 0.428. The summed E-state index contributed by atoms with van der Waals surface area (Å²) >= 11 is 0. The van der Waals surface area contributed by atoms with Gasteiger partial charge in [-0.15, -0.1) is 0 Å². The van der Waals surface area contributed by atoms with Gasteiger partial charge in [0.2, 0.25) is 5.91 Å². The fraction of sp³-hybridized carbons (Fsp3) is 0.368. The summed E-state index contributed by atoms with van der Waals surface area (Å²) in [6.45, 7) is 1.95. The van der Waals surface area contributed by atoms with Crippen LogP contribution in [0.1, 0.15) is 12.8 Å². The van der Waals surface area contributed by atoms with Crippen molar-refractivity contribution >= 4 is 22.7 Å². The second-order valence-corrected chi connectivity index (χ2v) is 6.22. The lowest BCUT2D eigenvalue weighted by atomic mass is 9.96. The second-order valence-electron chi connectivity index (χ2n) is 6.22. The Labute approximate surface area is 146 Å². The van der Waals surface area contributed by atoms with Crippen LogP contribution in [0.2, 0.25) is 0 Å². The molecule has 2 aromatic rings. The predicted octanol–water partition coefficient (Wildman–Crippen LogP) is 2.13. The van der Waals surface area contributed by atoms with Gasteiger partial charge in [-0.2, -0.15) is 0 Å². The molecule has 1 aliphatic rings. The normalized spacial score (nSPS) is 15.1. The van der Waals surface area contributed by atoms with E-state index in [1.807, 2.05) is 42.5 Å². The molecule has 25 heavy (non-hydrogen) atoms.